The van der Waals surface area contributed by atoms with Gasteiger partial charge in [-0.25, -0.2) is 0 Å². The van der Waals surface area contributed by atoms with Crippen LogP contribution in [0, 0.1) is 0 Å². The quantitative estimate of drug-likeness (QED) is 0.731. The molecule has 0 aliphatic carbocycles. The Hall–Kier alpha value is -2.49. The number of methoxy groups -OCH3 is 1. The summed E-state index contributed by atoms with van der Waals surface area (Å²) in [6, 6.07) is 12.8. The van der Waals surface area contributed by atoms with Crippen molar-refractivity contribution in [3.05, 3.63) is 53.6 Å². The minimum atomic E-state index is 0.421. The van der Waals surface area contributed by atoms with E-state index in [4.69, 9.17) is 14.2 Å². The topological polar surface area (TPSA) is 44.8 Å². The molecule has 0 aliphatic rings. The lowest BCUT2D eigenvalue weighted by atomic mass is 10.2. The Morgan fingerprint density at radius 1 is 1.00 bits per heavy atom. The summed E-state index contributed by atoms with van der Waals surface area (Å²) in [5.41, 5.74) is 1.59. The van der Waals surface area contributed by atoms with E-state index in [1.165, 1.54) is 0 Å². The van der Waals surface area contributed by atoms with Crippen LogP contribution in [0.4, 0.5) is 0 Å². The number of benzene rings is 2. The maximum Gasteiger partial charge on any atom is 0.161 e. The van der Waals surface area contributed by atoms with E-state index in [0.717, 1.165) is 17.6 Å². The van der Waals surface area contributed by atoms with Crippen molar-refractivity contribution < 1.29 is 19.0 Å². The highest BCUT2D eigenvalue weighted by Gasteiger charge is 2.07. The van der Waals surface area contributed by atoms with Crippen LogP contribution in [-0.2, 0) is 6.61 Å². The molecule has 0 saturated carbocycles. The van der Waals surface area contributed by atoms with Gasteiger partial charge >= 0.3 is 0 Å². The van der Waals surface area contributed by atoms with Crippen LogP contribution in [0.3, 0.4) is 0 Å². The lowest BCUT2D eigenvalue weighted by Gasteiger charge is -2.12. The average Bonchev–Trinajstić information content (AvgIpc) is 2.54. The van der Waals surface area contributed by atoms with E-state index in [1.54, 1.807) is 25.3 Å². The molecule has 4 heteroatoms. The van der Waals surface area contributed by atoms with Crippen molar-refractivity contribution in [3.63, 3.8) is 0 Å². The minimum Gasteiger partial charge on any atom is -0.497 e. The standard InChI is InChI=1S/C17H18O4/c1-3-20-17-10-14(11-18)6-9-16(17)21-12-13-4-7-15(19-2)8-5-13/h4-11H,3,12H2,1-2H3. The highest BCUT2D eigenvalue weighted by atomic mass is 16.5. The summed E-state index contributed by atoms with van der Waals surface area (Å²) in [5, 5.41) is 0. The van der Waals surface area contributed by atoms with Crippen LogP contribution in [0.5, 0.6) is 17.2 Å². The van der Waals surface area contributed by atoms with E-state index < -0.39 is 0 Å². The highest BCUT2D eigenvalue weighted by Crippen LogP contribution is 2.29. The lowest BCUT2D eigenvalue weighted by molar-refractivity contribution is 0.112. The summed E-state index contributed by atoms with van der Waals surface area (Å²) in [4.78, 5) is 10.8. The van der Waals surface area contributed by atoms with E-state index in [1.807, 2.05) is 31.2 Å². The number of hydrogen-bond acceptors (Lipinski definition) is 4. The summed E-state index contributed by atoms with van der Waals surface area (Å²) < 4.78 is 16.4. The Morgan fingerprint density at radius 3 is 2.38 bits per heavy atom. The zero-order valence-corrected chi connectivity index (χ0v) is 12.2. The lowest BCUT2D eigenvalue weighted by Crippen LogP contribution is -2.00. The maximum absolute atomic E-state index is 10.8. The van der Waals surface area contributed by atoms with Gasteiger partial charge in [0, 0.05) is 5.56 Å². The molecule has 0 bridgehead atoms. The molecule has 0 heterocycles. The van der Waals surface area contributed by atoms with Crippen LogP contribution in [-0.4, -0.2) is 20.0 Å². The van der Waals surface area contributed by atoms with Gasteiger partial charge in [0.1, 0.15) is 18.6 Å². The molecule has 0 amide bonds. The van der Waals surface area contributed by atoms with Gasteiger partial charge in [-0.15, -0.1) is 0 Å². The summed E-state index contributed by atoms with van der Waals surface area (Å²) in [6.45, 7) is 2.83. The van der Waals surface area contributed by atoms with Crippen molar-refractivity contribution in [2.24, 2.45) is 0 Å². The molecule has 0 atom stereocenters. The van der Waals surface area contributed by atoms with Gasteiger partial charge in [-0.05, 0) is 42.8 Å². The van der Waals surface area contributed by atoms with Gasteiger partial charge in [-0.3, -0.25) is 4.79 Å². The van der Waals surface area contributed by atoms with Crippen molar-refractivity contribution in [1.82, 2.24) is 0 Å². The Balaban J connectivity index is 2.09. The van der Waals surface area contributed by atoms with Crippen molar-refractivity contribution in [1.29, 1.82) is 0 Å². The number of carbonyl (C=O) groups excluding carboxylic acids is 1. The third-order valence-corrected chi connectivity index (χ3v) is 2.96. The number of aldehydes is 1. The first-order chi connectivity index (χ1) is 10.3. The van der Waals surface area contributed by atoms with Crippen LogP contribution in [0.25, 0.3) is 0 Å². The zero-order valence-electron chi connectivity index (χ0n) is 12.2. The second-order valence-electron chi connectivity index (χ2n) is 4.39. The molecule has 0 aromatic heterocycles. The fourth-order valence-corrected chi connectivity index (χ4v) is 1.87. The molecule has 0 saturated heterocycles. The smallest absolute Gasteiger partial charge is 0.161 e. The van der Waals surface area contributed by atoms with E-state index in [9.17, 15) is 4.79 Å². The van der Waals surface area contributed by atoms with Crippen LogP contribution < -0.4 is 14.2 Å². The third kappa shape index (κ3) is 3.99. The first-order valence-corrected chi connectivity index (χ1v) is 6.74. The third-order valence-electron chi connectivity index (χ3n) is 2.96. The maximum atomic E-state index is 10.8. The first-order valence-electron chi connectivity index (χ1n) is 6.74. The van der Waals surface area contributed by atoms with E-state index >= 15 is 0 Å². The Kier molecular flexibility index (Phi) is 5.21. The average molecular weight is 286 g/mol. The molecule has 2 rings (SSSR count). The summed E-state index contributed by atoms with van der Waals surface area (Å²) in [6.07, 6.45) is 0.787. The molecule has 0 N–H and O–H groups in total. The molecule has 0 spiro atoms. The highest BCUT2D eigenvalue weighted by molar-refractivity contribution is 5.76. The summed E-state index contributed by atoms with van der Waals surface area (Å²) in [5.74, 6) is 2.01. The summed E-state index contributed by atoms with van der Waals surface area (Å²) in [7, 11) is 1.63. The zero-order chi connectivity index (χ0) is 15.1. The van der Waals surface area contributed by atoms with E-state index in [2.05, 4.69) is 0 Å². The number of hydrogen-bond donors (Lipinski definition) is 0. The monoisotopic (exact) mass is 286 g/mol. The van der Waals surface area contributed by atoms with Crippen molar-refractivity contribution in [3.8, 4) is 17.2 Å². The van der Waals surface area contributed by atoms with Crippen molar-refractivity contribution in [2.75, 3.05) is 13.7 Å². The van der Waals surface area contributed by atoms with E-state index in [-0.39, 0.29) is 0 Å². The first kappa shape index (κ1) is 14.9. The molecule has 0 radical (unpaired) electrons. The Morgan fingerprint density at radius 2 is 1.76 bits per heavy atom. The SMILES string of the molecule is CCOc1cc(C=O)ccc1OCc1ccc(OC)cc1. The molecular formula is C17H18O4. The minimum absolute atomic E-state index is 0.421. The molecule has 110 valence electrons. The Bertz CT molecular complexity index is 590. The molecule has 2 aromatic carbocycles. The second kappa shape index (κ2) is 7.33. The molecule has 2 aromatic rings. The number of rotatable bonds is 7. The van der Waals surface area contributed by atoms with Gasteiger partial charge < -0.3 is 14.2 Å². The van der Waals surface area contributed by atoms with Crippen LogP contribution in [0.1, 0.15) is 22.8 Å². The van der Waals surface area contributed by atoms with E-state index in [0.29, 0.717) is 30.3 Å². The molecule has 4 nitrogen and oxygen atoms in total. The molecule has 0 fully saturated rings. The molecule has 21 heavy (non-hydrogen) atoms. The van der Waals surface area contributed by atoms with Gasteiger partial charge in [0.25, 0.3) is 0 Å². The van der Waals surface area contributed by atoms with Gasteiger partial charge in [0.05, 0.1) is 13.7 Å². The van der Waals surface area contributed by atoms with Gasteiger partial charge in [-0.2, -0.15) is 0 Å². The predicted molar refractivity (Wildman–Crippen MR) is 80.3 cm³/mol. The Labute approximate surface area is 124 Å². The van der Waals surface area contributed by atoms with Crippen molar-refractivity contribution >= 4 is 6.29 Å². The molecular weight excluding hydrogens is 268 g/mol. The fourth-order valence-electron chi connectivity index (χ4n) is 1.87. The van der Waals surface area contributed by atoms with Gasteiger partial charge in [0.2, 0.25) is 0 Å². The van der Waals surface area contributed by atoms with Crippen molar-refractivity contribution in [2.45, 2.75) is 13.5 Å². The summed E-state index contributed by atoms with van der Waals surface area (Å²) >= 11 is 0. The normalized spacial score (nSPS) is 10.0. The largest absolute Gasteiger partial charge is 0.497 e. The number of carbonyl (C=O) groups is 1. The fraction of sp³-hybridized carbons (Fsp3) is 0.235. The number of ether oxygens (including phenoxy) is 3. The van der Waals surface area contributed by atoms with Crippen LogP contribution in [0.15, 0.2) is 42.5 Å². The predicted octanol–water partition coefficient (Wildman–Crippen LogP) is 3.49. The second-order valence-corrected chi connectivity index (χ2v) is 4.39. The molecule has 0 unspecified atom stereocenters. The van der Waals surface area contributed by atoms with Crippen LogP contribution in [0.2, 0.25) is 0 Å². The van der Waals surface area contributed by atoms with Gasteiger partial charge in [-0.1, -0.05) is 12.1 Å². The molecule has 0 aliphatic heterocycles. The van der Waals surface area contributed by atoms with Crippen LogP contribution >= 0.6 is 0 Å². The van der Waals surface area contributed by atoms with Gasteiger partial charge in [0.15, 0.2) is 11.5 Å².